The van der Waals surface area contributed by atoms with Crippen LogP contribution in [0.5, 0.6) is 0 Å². The van der Waals surface area contributed by atoms with Crippen molar-refractivity contribution in [3.63, 3.8) is 0 Å². The second kappa shape index (κ2) is 4.58. The lowest BCUT2D eigenvalue weighted by molar-refractivity contribution is -0.142. The van der Waals surface area contributed by atoms with Crippen LogP contribution < -0.4 is 5.32 Å². The molecule has 1 aliphatic rings. The van der Waals surface area contributed by atoms with Gasteiger partial charge in [-0.25, -0.2) is 0 Å². The molecule has 4 heteroatoms. The van der Waals surface area contributed by atoms with Crippen molar-refractivity contribution in [3.8, 4) is 0 Å². The van der Waals surface area contributed by atoms with Gasteiger partial charge in [-0.1, -0.05) is 6.92 Å². The first-order valence-corrected chi connectivity index (χ1v) is 4.82. The minimum atomic E-state index is -0.694. The van der Waals surface area contributed by atoms with Gasteiger partial charge in [-0.15, -0.1) is 0 Å². The molecule has 1 fully saturated rings. The molecule has 4 nitrogen and oxygen atoms in total. The Morgan fingerprint density at radius 2 is 2.31 bits per heavy atom. The Balaban J connectivity index is 2.58. The average Bonchev–Trinajstić information content (AvgIpc) is 2.27. The molecule has 0 bridgehead atoms. The standard InChI is InChI=1S/C9H18N2O2/c1-3-11-6-8(9(12)13)5-10-4-7(11)2/h7-8,10H,3-6H2,1-2H3,(H,12,13). The van der Waals surface area contributed by atoms with Crippen molar-refractivity contribution < 1.29 is 9.90 Å². The molecule has 13 heavy (non-hydrogen) atoms. The molecule has 0 spiro atoms. The van der Waals surface area contributed by atoms with Gasteiger partial charge in [-0.05, 0) is 13.5 Å². The first-order valence-electron chi connectivity index (χ1n) is 4.82. The molecule has 1 aliphatic heterocycles. The van der Waals surface area contributed by atoms with E-state index < -0.39 is 5.97 Å². The second-order valence-electron chi connectivity index (χ2n) is 3.63. The van der Waals surface area contributed by atoms with Gasteiger partial charge in [0.2, 0.25) is 0 Å². The van der Waals surface area contributed by atoms with Crippen LogP contribution in [0, 0.1) is 5.92 Å². The third kappa shape index (κ3) is 2.67. The zero-order valence-corrected chi connectivity index (χ0v) is 8.29. The van der Waals surface area contributed by atoms with Gasteiger partial charge in [-0.2, -0.15) is 0 Å². The molecule has 1 rings (SSSR count). The Labute approximate surface area is 78.9 Å². The molecule has 0 aromatic heterocycles. The number of carbonyl (C=O) groups is 1. The van der Waals surface area contributed by atoms with Crippen LogP contribution >= 0.6 is 0 Å². The minimum absolute atomic E-state index is 0.259. The number of carboxylic acids is 1. The predicted molar refractivity (Wildman–Crippen MR) is 50.7 cm³/mol. The van der Waals surface area contributed by atoms with Crippen molar-refractivity contribution in [2.75, 3.05) is 26.2 Å². The Hall–Kier alpha value is -0.610. The van der Waals surface area contributed by atoms with Gasteiger partial charge in [0, 0.05) is 25.7 Å². The van der Waals surface area contributed by atoms with Crippen LogP contribution in [0.15, 0.2) is 0 Å². The van der Waals surface area contributed by atoms with Gasteiger partial charge >= 0.3 is 5.97 Å². The van der Waals surface area contributed by atoms with Crippen LogP contribution in [0.4, 0.5) is 0 Å². The van der Waals surface area contributed by atoms with Crippen molar-refractivity contribution in [2.45, 2.75) is 19.9 Å². The van der Waals surface area contributed by atoms with Gasteiger partial charge in [0.15, 0.2) is 0 Å². The number of nitrogens with one attached hydrogen (secondary N) is 1. The summed E-state index contributed by atoms with van der Waals surface area (Å²) in [5.41, 5.74) is 0. The predicted octanol–water partition coefficient (Wildman–Crippen LogP) is 0.000800. The molecular weight excluding hydrogens is 168 g/mol. The largest absolute Gasteiger partial charge is 0.481 e. The number of aliphatic carboxylic acids is 1. The molecule has 0 amide bonds. The van der Waals surface area contributed by atoms with E-state index in [0.29, 0.717) is 19.1 Å². The van der Waals surface area contributed by atoms with E-state index in [1.165, 1.54) is 0 Å². The van der Waals surface area contributed by atoms with Crippen LogP contribution in [-0.4, -0.2) is 48.2 Å². The summed E-state index contributed by atoms with van der Waals surface area (Å²) in [5.74, 6) is -0.954. The number of nitrogens with zero attached hydrogens (tertiary/aromatic N) is 1. The normalized spacial score (nSPS) is 31.2. The van der Waals surface area contributed by atoms with Crippen molar-refractivity contribution in [1.29, 1.82) is 0 Å². The van der Waals surface area contributed by atoms with E-state index >= 15 is 0 Å². The fraction of sp³-hybridized carbons (Fsp3) is 0.889. The molecule has 1 heterocycles. The van der Waals surface area contributed by atoms with Gasteiger partial charge in [-0.3, -0.25) is 9.69 Å². The van der Waals surface area contributed by atoms with E-state index in [2.05, 4.69) is 24.1 Å². The summed E-state index contributed by atoms with van der Waals surface area (Å²) < 4.78 is 0. The fourth-order valence-electron chi connectivity index (χ4n) is 1.73. The van der Waals surface area contributed by atoms with Gasteiger partial charge in [0.05, 0.1) is 5.92 Å². The van der Waals surface area contributed by atoms with E-state index in [1.54, 1.807) is 0 Å². The third-order valence-electron chi connectivity index (χ3n) is 2.66. The zero-order valence-electron chi connectivity index (χ0n) is 8.29. The number of rotatable bonds is 2. The molecule has 0 radical (unpaired) electrons. The van der Waals surface area contributed by atoms with Crippen LogP contribution in [0.1, 0.15) is 13.8 Å². The molecule has 2 N–H and O–H groups in total. The van der Waals surface area contributed by atoms with Gasteiger partial charge < -0.3 is 10.4 Å². The van der Waals surface area contributed by atoms with E-state index in [0.717, 1.165) is 13.1 Å². The molecule has 1 saturated heterocycles. The third-order valence-corrected chi connectivity index (χ3v) is 2.66. The van der Waals surface area contributed by atoms with E-state index in [4.69, 9.17) is 5.11 Å². The Kier molecular flexibility index (Phi) is 3.69. The Bertz CT molecular complexity index is 184. The maximum Gasteiger partial charge on any atom is 0.309 e. The first kappa shape index (κ1) is 10.5. The minimum Gasteiger partial charge on any atom is -0.481 e. The lowest BCUT2D eigenvalue weighted by Crippen LogP contribution is -2.38. The fourth-order valence-corrected chi connectivity index (χ4v) is 1.73. The monoisotopic (exact) mass is 186 g/mol. The molecule has 76 valence electrons. The topological polar surface area (TPSA) is 52.6 Å². The summed E-state index contributed by atoms with van der Waals surface area (Å²) >= 11 is 0. The highest BCUT2D eigenvalue weighted by Gasteiger charge is 2.25. The quantitative estimate of drug-likeness (QED) is 0.637. The van der Waals surface area contributed by atoms with Gasteiger partial charge in [0.25, 0.3) is 0 Å². The highest BCUT2D eigenvalue weighted by Crippen LogP contribution is 2.08. The van der Waals surface area contributed by atoms with Crippen LogP contribution in [0.3, 0.4) is 0 Å². The second-order valence-corrected chi connectivity index (χ2v) is 3.63. The Morgan fingerprint density at radius 3 is 2.85 bits per heavy atom. The SMILES string of the molecule is CCN1CC(C(=O)O)CNCC1C. The zero-order chi connectivity index (χ0) is 9.84. The average molecular weight is 186 g/mol. The summed E-state index contributed by atoms with van der Waals surface area (Å²) in [7, 11) is 0. The lowest BCUT2D eigenvalue weighted by Gasteiger charge is -2.25. The summed E-state index contributed by atoms with van der Waals surface area (Å²) in [6, 6.07) is 0.439. The highest BCUT2D eigenvalue weighted by molar-refractivity contribution is 5.70. The van der Waals surface area contributed by atoms with Crippen molar-refractivity contribution in [1.82, 2.24) is 10.2 Å². The highest BCUT2D eigenvalue weighted by atomic mass is 16.4. The van der Waals surface area contributed by atoms with Crippen LogP contribution in [-0.2, 0) is 4.79 Å². The summed E-state index contributed by atoms with van der Waals surface area (Å²) in [5, 5.41) is 12.1. The van der Waals surface area contributed by atoms with Crippen LogP contribution in [0.25, 0.3) is 0 Å². The number of hydrogen-bond donors (Lipinski definition) is 2. The molecular formula is C9H18N2O2. The molecule has 0 aromatic carbocycles. The van der Waals surface area contributed by atoms with Gasteiger partial charge in [0.1, 0.15) is 0 Å². The molecule has 2 atom stereocenters. The number of hydrogen-bond acceptors (Lipinski definition) is 3. The van der Waals surface area contributed by atoms with Crippen molar-refractivity contribution in [3.05, 3.63) is 0 Å². The molecule has 0 saturated carbocycles. The molecule has 0 aromatic rings. The lowest BCUT2D eigenvalue weighted by atomic mass is 10.1. The maximum absolute atomic E-state index is 10.8. The van der Waals surface area contributed by atoms with Crippen molar-refractivity contribution >= 4 is 5.97 Å². The van der Waals surface area contributed by atoms with E-state index in [-0.39, 0.29) is 5.92 Å². The Morgan fingerprint density at radius 1 is 1.62 bits per heavy atom. The molecule has 0 aliphatic carbocycles. The smallest absolute Gasteiger partial charge is 0.309 e. The first-order chi connectivity index (χ1) is 6.15. The summed E-state index contributed by atoms with van der Waals surface area (Å²) in [6.07, 6.45) is 0. The van der Waals surface area contributed by atoms with Crippen molar-refractivity contribution in [2.24, 2.45) is 5.92 Å². The number of likely N-dealkylation sites (N-methyl/N-ethyl adjacent to an activating group) is 1. The van der Waals surface area contributed by atoms with Crippen LogP contribution in [0.2, 0.25) is 0 Å². The maximum atomic E-state index is 10.8. The van der Waals surface area contributed by atoms with E-state index in [1.807, 2.05) is 0 Å². The summed E-state index contributed by atoms with van der Waals surface area (Å²) in [4.78, 5) is 13.0. The number of carboxylic acid groups (broad SMARTS) is 1. The molecule has 2 unspecified atom stereocenters. The van der Waals surface area contributed by atoms with E-state index in [9.17, 15) is 4.79 Å². The summed E-state index contributed by atoms with van der Waals surface area (Å²) in [6.45, 7) is 7.27.